The molecule has 0 saturated carbocycles. The quantitative estimate of drug-likeness (QED) is 0.542. The molecule has 3 N–H and O–H groups in total. The molecule has 0 atom stereocenters. The van der Waals surface area contributed by atoms with Crippen molar-refractivity contribution in [3.05, 3.63) is 69.8 Å². The standard InChI is InChI=1S/C22H27N5OS/c1-15-9-10-17(13-16(15)2)23-22(29)27(12-11-26(3)4)14-20-24-19-8-6-5-7-18(19)21(28)25-20/h5-10,13H,11-12,14H2,1-4H3,(H,23,29)(H,24,25,28)/p+1. The van der Waals surface area contributed by atoms with Crippen molar-refractivity contribution in [2.24, 2.45) is 0 Å². The Morgan fingerprint density at radius 2 is 1.93 bits per heavy atom. The number of hydrogen-bond acceptors (Lipinski definition) is 3. The predicted molar refractivity (Wildman–Crippen MR) is 123 cm³/mol. The second-order valence-corrected chi connectivity index (χ2v) is 8.02. The first-order chi connectivity index (χ1) is 13.8. The third-order valence-electron chi connectivity index (χ3n) is 4.93. The summed E-state index contributed by atoms with van der Waals surface area (Å²) in [7, 11) is 4.21. The maximum Gasteiger partial charge on any atom is 0.258 e. The lowest BCUT2D eigenvalue weighted by atomic mass is 10.1. The van der Waals surface area contributed by atoms with Crippen LogP contribution >= 0.6 is 12.2 Å². The average Bonchev–Trinajstić information content (AvgIpc) is 2.68. The maximum absolute atomic E-state index is 12.4. The summed E-state index contributed by atoms with van der Waals surface area (Å²) in [5, 5.41) is 4.54. The number of likely N-dealkylation sites (N-methyl/N-ethyl adjacent to an activating group) is 1. The van der Waals surface area contributed by atoms with Crippen molar-refractivity contribution in [3.8, 4) is 0 Å². The third kappa shape index (κ3) is 5.40. The second kappa shape index (κ2) is 9.15. The van der Waals surface area contributed by atoms with Gasteiger partial charge in [0.2, 0.25) is 0 Å². The first-order valence-electron chi connectivity index (χ1n) is 9.73. The van der Waals surface area contributed by atoms with E-state index in [1.165, 1.54) is 16.0 Å². The maximum atomic E-state index is 12.4. The number of thiocarbonyl (C=S) groups is 1. The van der Waals surface area contributed by atoms with Crippen LogP contribution in [0.5, 0.6) is 0 Å². The summed E-state index contributed by atoms with van der Waals surface area (Å²) in [5.41, 5.74) is 3.98. The largest absolute Gasteiger partial charge is 0.338 e. The molecule has 0 fully saturated rings. The zero-order chi connectivity index (χ0) is 21.0. The van der Waals surface area contributed by atoms with Crippen LogP contribution in [0.15, 0.2) is 47.3 Å². The molecule has 2 aromatic carbocycles. The Morgan fingerprint density at radius 3 is 2.66 bits per heavy atom. The van der Waals surface area contributed by atoms with Crippen LogP contribution in [-0.4, -0.2) is 47.2 Å². The van der Waals surface area contributed by atoms with Gasteiger partial charge in [0.25, 0.3) is 5.56 Å². The molecule has 0 amide bonds. The zero-order valence-corrected chi connectivity index (χ0v) is 18.2. The second-order valence-electron chi connectivity index (χ2n) is 7.64. The monoisotopic (exact) mass is 410 g/mol. The third-order valence-corrected chi connectivity index (χ3v) is 5.29. The van der Waals surface area contributed by atoms with Gasteiger partial charge in [0.05, 0.1) is 44.6 Å². The van der Waals surface area contributed by atoms with Crippen molar-refractivity contribution >= 4 is 33.9 Å². The Labute approximate surface area is 176 Å². The van der Waals surface area contributed by atoms with E-state index >= 15 is 0 Å². The van der Waals surface area contributed by atoms with Gasteiger partial charge in [0, 0.05) is 5.69 Å². The summed E-state index contributed by atoms with van der Waals surface area (Å²) in [4.78, 5) is 23.3. The lowest BCUT2D eigenvalue weighted by Crippen LogP contribution is -3.06. The van der Waals surface area contributed by atoms with Crippen LogP contribution in [-0.2, 0) is 6.54 Å². The number of anilines is 1. The van der Waals surface area contributed by atoms with Crippen molar-refractivity contribution in [1.29, 1.82) is 0 Å². The molecule has 1 aromatic heterocycles. The fraction of sp³-hybridized carbons (Fsp3) is 0.318. The molecule has 7 heteroatoms. The molecule has 0 aliphatic rings. The molecular weight excluding hydrogens is 382 g/mol. The summed E-state index contributed by atoms with van der Waals surface area (Å²) in [6, 6.07) is 13.6. The fourth-order valence-electron chi connectivity index (χ4n) is 3.02. The van der Waals surface area contributed by atoms with E-state index < -0.39 is 0 Å². The van der Waals surface area contributed by atoms with E-state index in [0.717, 1.165) is 18.8 Å². The molecule has 0 aliphatic carbocycles. The van der Waals surface area contributed by atoms with Gasteiger partial charge in [-0.2, -0.15) is 0 Å². The van der Waals surface area contributed by atoms with Crippen LogP contribution in [0.1, 0.15) is 17.0 Å². The number of nitrogens with zero attached hydrogens (tertiary/aromatic N) is 2. The van der Waals surface area contributed by atoms with Gasteiger partial charge in [-0.25, -0.2) is 4.98 Å². The average molecular weight is 411 g/mol. The summed E-state index contributed by atoms with van der Waals surface area (Å²) < 4.78 is 0. The molecule has 29 heavy (non-hydrogen) atoms. The van der Waals surface area contributed by atoms with Crippen LogP contribution in [0.3, 0.4) is 0 Å². The van der Waals surface area contributed by atoms with Gasteiger partial charge in [-0.05, 0) is 61.5 Å². The molecule has 6 nitrogen and oxygen atoms in total. The van der Waals surface area contributed by atoms with Gasteiger partial charge in [-0.1, -0.05) is 18.2 Å². The molecular formula is C22H28N5OS+. The van der Waals surface area contributed by atoms with E-state index in [0.29, 0.717) is 28.4 Å². The highest BCUT2D eigenvalue weighted by molar-refractivity contribution is 7.80. The van der Waals surface area contributed by atoms with Crippen molar-refractivity contribution in [1.82, 2.24) is 14.9 Å². The van der Waals surface area contributed by atoms with E-state index in [1.807, 2.05) is 29.2 Å². The van der Waals surface area contributed by atoms with Crippen molar-refractivity contribution < 1.29 is 4.90 Å². The number of para-hydroxylation sites is 1. The number of quaternary nitrogens is 1. The number of aromatic amines is 1. The molecule has 0 bridgehead atoms. The first kappa shape index (κ1) is 21.0. The van der Waals surface area contributed by atoms with Crippen LogP contribution < -0.4 is 15.8 Å². The van der Waals surface area contributed by atoms with E-state index in [1.54, 1.807) is 6.07 Å². The highest BCUT2D eigenvalue weighted by Crippen LogP contribution is 2.15. The Bertz CT molecular complexity index is 1080. The SMILES string of the molecule is Cc1ccc(NC(=S)N(CC[NH+](C)C)Cc2nc3ccccc3c(=O)[nH]2)cc1C. The lowest BCUT2D eigenvalue weighted by molar-refractivity contribution is -0.857. The molecule has 0 radical (unpaired) electrons. The van der Waals surface area contributed by atoms with Crippen molar-refractivity contribution in [3.63, 3.8) is 0 Å². The molecule has 0 unspecified atom stereocenters. The fourth-order valence-corrected chi connectivity index (χ4v) is 3.30. The van der Waals surface area contributed by atoms with E-state index in [-0.39, 0.29) is 5.56 Å². The molecule has 3 rings (SSSR count). The van der Waals surface area contributed by atoms with Crippen molar-refractivity contribution in [2.45, 2.75) is 20.4 Å². The highest BCUT2D eigenvalue weighted by Gasteiger charge is 2.15. The van der Waals surface area contributed by atoms with E-state index in [2.05, 4.69) is 55.4 Å². The van der Waals surface area contributed by atoms with Gasteiger partial charge in [-0.15, -0.1) is 0 Å². The van der Waals surface area contributed by atoms with E-state index in [9.17, 15) is 4.79 Å². The first-order valence-corrected chi connectivity index (χ1v) is 10.1. The smallest absolute Gasteiger partial charge is 0.258 e. The van der Waals surface area contributed by atoms with Crippen molar-refractivity contribution in [2.75, 3.05) is 32.5 Å². The summed E-state index contributed by atoms with van der Waals surface area (Å²) in [6.45, 7) is 6.26. The molecule has 1 heterocycles. The highest BCUT2D eigenvalue weighted by atomic mass is 32.1. The molecule has 0 aliphatic heterocycles. The minimum Gasteiger partial charge on any atom is -0.338 e. The number of fused-ring (bicyclic) bond motifs is 1. The summed E-state index contributed by atoms with van der Waals surface area (Å²) >= 11 is 5.70. The van der Waals surface area contributed by atoms with Gasteiger partial charge < -0.3 is 20.1 Å². The van der Waals surface area contributed by atoms with Crippen LogP contribution in [0, 0.1) is 13.8 Å². The van der Waals surface area contributed by atoms with Gasteiger partial charge in [0.1, 0.15) is 5.82 Å². The molecule has 3 aromatic rings. The van der Waals surface area contributed by atoms with Crippen LogP contribution in [0.2, 0.25) is 0 Å². The number of aryl methyl sites for hydroxylation is 2. The van der Waals surface area contributed by atoms with Gasteiger partial charge >= 0.3 is 0 Å². The minimum absolute atomic E-state index is 0.128. The van der Waals surface area contributed by atoms with Crippen LogP contribution in [0.4, 0.5) is 5.69 Å². The zero-order valence-electron chi connectivity index (χ0n) is 17.4. The number of rotatable bonds is 6. The summed E-state index contributed by atoms with van der Waals surface area (Å²) in [5.74, 6) is 0.603. The van der Waals surface area contributed by atoms with Gasteiger partial charge in [-0.3, -0.25) is 4.79 Å². The Balaban J connectivity index is 1.83. The number of aromatic nitrogens is 2. The van der Waals surface area contributed by atoms with Crippen LogP contribution in [0.25, 0.3) is 10.9 Å². The summed E-state index contributed by atoms with van der Waals surface area (Å²) in [6.07, 6.45) is 0. The topological polar surface area (TPSA) is 65.5 Å². The molecule has 152 valence electrons. The Kier molecular flexibility index (Phi) is 6.61. The number of H-pyrrole nitrogens is 1. The Morgan fingerprint density at radius 1 is 1.17 bits per heavy atom. The normalized spacial score (nSPS) is 11.1. The van der Waals surface area contributed by atoms with Gasteiger partial charge in [0.15, 0.2) is 5.11 Å². The predicted octanol–water partition coefficient (Wildman–Crippen LogP) is 1.88. The van der Waals surface area contributed by atoms with E-state index in [4.69, 9.17) is 12.2 Å². The number of hydrogen-bond donors (Lipinski definition) is 3. The molecule has 0 spiro atoms. The number of nitrogens with one attached hydrogen (secondary N) is 3. The Hall–Kier alpha value is -2.77. The number of benzene rings is 2. The molecule has 0 saturated heterocycles. The lowest BCUT2D eigenvalue weighted by Gasteiger charge is -2.26. The minimum atomic E-state index is -0.128.